The minimum atomic E-state index is 0.542. The Hall–Kier alpha value is -0.640. The van der Waals surface area contributed by atoms with Gasteiger partial charge in [-0.05, 0) is 41.6 Å². The van der Waals surface area contributed by atoms with E-state index in [0.717, 1.165) is 10.3 Å². The number of nitrogen functional groups attached to an aromatic ring is 1. The number of rotatable bonds is 2. The van der Waals surface area contributed by atoms with Gasteiger partial charge in [-0.2, -0.15) is 0 Å². The molecule has 0 radical (unpaired) electrons. The van der Waals surface area contributed by atoms with Gasteiger partial charge in [0.2, 0.25) is 0 Å². The molecular weight excluding hydrogens is 290 g/mol. The van der Waals surface area contributed by atoms with E-state index in [1.807, 2.05) is 0 Å². The number of nitrogens with zero attached hydrogens (tertiary/aromatic N) is 2. The fraction of sp³-hybridized carbons (Fsp3) is 0.714. The summed E-state index contributed by atoms with van der Waals surface area (Å²) < 4.78 is 0.941. The van der Waals surface area contributed by atoms with Gasteiger partial charge < -0.3 is 5.73 Å². The summed E-state index contributed by atoms with van der Waals surface area (Å²) in [4.78, 5) is 9.37. The van der Waals surface area contributed by atoms with E-state index in [1.54, 1.807) is 0 Å². The molecule has 98 valence electrons. The molecule has 2 aliphatic carbocycles. The Bertz CT molecular complexity index is 435. The molecule has 0 aromatic carbocycles. The lowest BCUT2D eigenvalue weighted by Crippen LogP contribution is -2.10. The molecule has 2 N–H and O–H groups in total. The van der Waals surface area contributed by atoms with Crippen LogP contribution in [0.1, 0.15) is 74.7 Å². The molecule has 2 aliphatic rings. The van der Waals surface area contributed by atoms with Crippen LogP contribution in [-0.2, 0) is 0 Å². The minimum absolute atomic E-state index is 0.542. The van der Waals surface area contributed by atoms with Crippen molar-refractivity contribution in [3.63, 3.8) is 0 Å². The Morgan fingerprint density at radius 3 is 2.06 bits per heavy atom. The highest BCUT2D eigenvalue weighted by Crippen LogP contribution is 2.40. The molecule has 0 atom stereocenters. The van der Waals surface area contributed by atoms with Crippen molar-refractivity contribution in [2.24, 2.45) is 0 Å². The van der Waals surface area contributed by atoms with Crippen molar-refractivity contribution in [3.05, 3.63) is 16.0 Å². The van der Waals surface area contributed by atoms with E-state index < -0.39 is 0 Å². The Labute approximate surface area is 117 Å². The molecule has 0 saturated heterocycles. The van der Waals surface area contributed by atoms with E-state index in [-0.39, 0.29) is 0 Å². The van der Waals surface area contributed by atoms with Gasteiger partial charge in [-0.3, -0.25) is 0 Å². The monoisotopic (exact) mass is 309 g/mol. The molecule has 0 spiro atoms. The lowest BCUT2D eigenvalue weighted by atomic mass is 10.0. The lowest BCUT2D eigenvalue weighted by molar-refractivity contribution is 0.632. The number of nitrogens with two attached hydrogens (primary N) is 1. The van der Waals surface area contributed by atoms with Crippen LogP contribution in [0, 0.1) is 0 Å². The van der Waals surface area contributed by atoms with Crippen LogP contribution in [0.2, 0.25) is 0 Å². The highest BCUT2D eigenvalue weighted by Gasteiger charge is 2.26. The van der Waals surface area contributed by atoms with E-state index in [2.05, 4.69) is 20.9 Å². The van der Waals surface area contributed by atoms with Crippen molar-refractivity contribution in [2.75, 3.05) is 5.73 Å². The first-order valence-corrected chi connectivity index (χ1v) is 7.88. The fourth-order valence-corrected chi connectivity index (χ4v) is 3.84. The molecule has 1 aromatic rings. The van der Waals surface area contributed by atoms with E-state index in [0.29, 0.717) is 17.7 Å². The van der Waals surface area contributed by atoms with Crippen molar-refractivity contribution in [1.29, 1.82) is 0 Å². The third-order valence-corrected chi connectivity index (χ3v) is 5.19. The zero-order valence-electron chi connectivity index (χ0n) is 10.7. The quantitative estimate of drug-likeness (QED) is 0.893. The van der Waals surface area contributed by atoms with Crippen molar-refractivity contribution in [2.45, 2.75) is 63.2 Å². The van der Waals surface area contributed by atoms with Crippen LogP contribution in [0.3, 0.4) is 0 Å². The van der Waals surface area contributed by atoms with Crippen molar-refractivity contribution < 1.29 is 0 Å². The Morgan fingerprint density at radius 2 is 1.44 bits per heavy atom. The van der Waals surface area contributed by atoms with E-state index in [4.69, 9.17) is 10.7 Å². The van der Waals surface area contributed by atoms with E-state index in [1.165, 1.54) is 57.1 Å². The van der Waals surface area contributed by atoms with Crippen molar-refractivity contribution >= 4 is 21.7 Å². The Balaban J connectivity index is 1.95. The SMILES string of the molecule is Nc1nc(C2CCCC2)nc(C2CCCC2)c1Br. The van der Waals surface area contributed by atoms with Gasteiger partial charge in [0, 0.05) is 11.8 Å². The molecule has 2 fully saturated rings. The Kier molecular flexibility index (Phi) is 3.55. The minimum Gasteiger partial charge on any atom is -0.383 e. The van der Waals surface area contributed by atoms with Crippen LogP contribution < -0.4 is 5.73 Å². The van der Waals surface area contributed by atoms with Gasteiger partial charge in [-0.15, -0.1) is 0 Å². The third-order valence-electron chi connectivity index (χ3n) is 4.38. The lowest BCUT2D eigenvalue weighted by Gasteiger charge is -2.16. The number of aromatic nitrogens is 2. The first-order valence-electron chi connectivity index (χ1n) is 7.08. The summed E-state index contributed by atoms with van der Waals surface area (Å²) in [5.74, 6) is 2.76. The molecule has 2 saturated carbocycles. The second-order valence-corrected chi connectivity index (χ2v) is 6.42. The van der Waals surface area contributed by atoms with Gasteiger partial charge in [0.25, 0.3) is 0 Å². The molecule has 0 aliphatic heterocycles. The number of hydrogen-bond donors (Lipinski definition) is 1. The van der Waals surface area contributed by atoms with Crippen LogP contribution in [0.5, 0.6) is 0 Å². The maximum absolute atomic E-state index is 6.06. The average Bonchev–Trinajstić information content (AvgIpc) is 3.03. The summed E-state index contributed by atoms with van der Waals surface area (Å²) in [6.07, 6.45) is 10.2. The molecule has 0 amide bonds. The number of halogens is 1. The molecule has 3 nitrogen and oxygen atoms in total. The summed E-state index contributed by atoms with van der Waals surface area (Å²) in [6.45, 7) is 0. The molecule has 18 heavy (non-hydrogen) atoms. The fourth-order valence-electron chi connectivity index (χ4n) is 3.34. The summed E-state index contributed by atoms with van der Waals surface area (Å²) in [7, 11) is 0. The first kappa shape index (κ1) is 12.4. The standard InChI is InChI=1S/C14H20BrN3/c15-11-12(9-5-1-2-6-9)17-14(18-13(11)16)10-7-3-4-8-10/h9-10H,1-8H2,(H2,16,17,18). The smallest absolute Gasteiger partial charge is 0.141 e. The zero-order valence-corrected chi connectivity index (χ0v) is 12.2. The van der Waals surface area contributed by atoms with Crippen LogP contribution in [0.25, 0.3) is 0 Å². The maximum Gasteiger partial charge on any atom is 0.141 e. The van der Waals surface area contributed by atoms with Gasteiger partial charge in [0.1, 0.15) is 11.6 Å². The normalized spacial score (nSPS) is 21.8. The zero-order chi connectivity index (χ0) is 12.5. The molecule has 4 heteroatoms. The summed E-state index contributed by atoms with van der Waals surface area (Å²) in [5, 5.41) is 0. The van der Waals surface area contributed by atoms with Crippen LogP contribution in [0.4, 0.5) is 5.82 Å². The number of hydrogen-bond acceptors (Lipinski definition) is 3. The van der Waals surface area contributed by atoms with Gasteiger partial charge in [-0.1, -0.05) is 25.7 Å². The average molecular weight is 310 g/mol. The highest BCUT2D eigenvalue weighted by molar-refractivity contribution is 9.10. The van der Waals surface area contributed by atoms with Crippen molar-refractivity contribution in [1.82, 2.24) is 9.97 Å². The molecule has 0 bridgehead atoms. The van der Waals surface area contributed by atoms with Crippen LogP contribution in [-0.4, -0.2) is 9.97 Å². The topological polar surface area (TPSA) is 51.8 Å². The highest BCUT2D eigenvalue weighted by atomic mass is 79.9. The summed E-state index contributed by atoms with van der Waals surface area (Å²) in [6, 6.07) is 0. The predicted molar refractivity (Wildman–Crippen MR) is 76.6 cm³/mol. The second kappa shape index (κ2) is 5.16. The van der Waals surface area contributed by atoms with Crippen molar-refractivity contribution in [3.8, 4) is 0 Å². The number of anilines is 1. The largest absolute Gasteiger partial charge is 0.383 e. The maximum atomic E-state index is 6.06. The van der Waals surface area contributed by atoms with Gasteiger partial charge in [-0.25, -0.2) is 9.97 Å². The first-order chi connectivity index (χ1) is 8.75. The van der Waals surface area contributed by atoms with Gasteiger partial charge in [0.05, 0.1) is 10.2 Å². The van der Waals surface area contributed by atoms with E-state index in [9.17, 15) is 0 Å². The summed E-state index contributed by atoms with van der Waals surface area (Å²) in [5.41, 5.74) is 7.23. The molecule has 1 aromatic heterocycles. The summed E-state index contributed by atoms with van der Waals surface area (Å²) >= 11 is 3.58. The van der Waals surface area contributed by atoms with Gasteiger partial charge in [0.15, 0.2) is 0 Å². The third kappa shape index (κ3) is 2.27. The molecule has 3 rings (SSSR count). The molecule has 1 heterocycles. The van der Waals surface area contributed by atoms with Gasteiger partial charge >= 0.3 is 0 Å². The molecular formula is C14H20BrN3. The van der Waals surface area contributed by atoms with Crippen LogP contribution in [0.15, 0.2) is 4.47 Å². The van der Waals surface area contributed by atoms with E-state index >= 15 is 0 Å². The van der Waals surface area contributed by atoms with Crippen LogP contribution >= 0.6 is 15.9 Å². The predicted octanol–water partition coefficient (Wildman–Crippen LogP) is 4.14. The Morgan fingerprint density at radius 1 is 0.889 bits per heavy atom. The second-order valence-electron chi connectivity index (χ2n) is 5.63. The molecule has 0 unspecified atom stereocenters.